The van der Waals surface area contributed by atoms with E-state index in [1.165, 1.54) is 11.3 Å². The lowest BCUT2D eigenvalue weighted by Gasteiger charge is -2.02. The van der Waals surface area contributed by atoms with E-state index in [0.717, 1.165) is 10.6 Å². The maximum Gasteiger partial charge on any atom is 0.226 e. The molecule has 0 aliphatic heterocycles. The molecule has 0 saturated carbocycles. The lowest BCUT2D eigenvalue weighted by atomic mass is 10.1. The Bertz CT molecular complexity index is 580. The SMILES string of the molecule is CC(C)c1nnc(NC(=O)CCc2ccc(Cl)cc2)s1. The average Bonchev–Trinajstić information content (AvgIpc) is 2.87. The summed E-state index contributed by atoms with van der Waals surface area (Å²) in [6.45, 7) is 4.10. The van der Waals surface area contributed by atoms with Crippen molar-refractivity contribution in [1.29, 1.82) is 0 Å². The molecule has 2 rings (SSSR count). The molecule has 0 bridgehead atoms. The molecular formula is C14H16ClN3OS. The summed E-state index contributed by atoms with van der Waals surface area (Å²) in [6.07, 6.45) is 1.09. The van der Waals surface area contributed by atoms with Crippen LogP contribution in [-0.2, 0) is 11.2 Å². The van der Waals surface area contributed by atoms with Crippen LogP contribution in [0.15, 0.2) is 24.3 Å². The minimum absolute atomic E-state index is 0.0496. The Morgan fingerprint density at radius 3 is 2.60 bits per heavy atom. The molecule has 1 heterocycles. The molecule has 1 N–H and O–H groups in total. The van der Waals surface area contributed by atoms with Crippen molar-refractivity contribution in [3.8, 4) is 0 Å². The third-order valence-corrected chi connectivity index (χ3v) is 4.13. The highest BCUT2D eigenvalue weighted by atomic mass is 35.5. The van der Waals surface area contributed by atoms with Crippen molar-refractivity contribution >= 4 is 34.0 Å². The van der Waals surface area contributed by atoms with Gasteiger partial charge in [-0.3, -0.25) is 4.79 Å². The lowest BCUT2D eigenvalue weighted by molar-refractivity contribution is -0.116. The van der Waals surface area contributed by atoms with Crippen molar-refractivity contribution in [2.75, 3.05) is 5.32 Å². The summed E-state index contributed by atoms with van der Waals surface area (Å²) in [7, 11) is 0. The first-order valence-electron chi connectivity index (χ1n) is 6.42. The highest BCUT2D eigenvalue weighted by molar-refractivity contribution is 7.15. The van der Waals surface area contributed by atoms with Gasteiger partial charge in [-0.15, -0.1) is 10.2 Å². The molecule has 2 aromatic rings. The molecule has 0 radical (unpaired) electrons. The van der Waals surface area contributed by atoms with E-state index in [2.05, 4.69) is 15.5 Å². The molecule has 0 aliphatic rings. The van der Waals surface area contributed by atoms with Crippen LogP contribution in [0.4, 0.5) is 5.13 Å². The average molecular weight is 310 g/mol. The van der Waals surface area contributed by atoms with Crippen LogP contribution in [0.3, 0.4) is 0 Å². The number of nitrogens with zero attached hydrogens (tertiary/aromatic N) is 2. The van der Waals surface area contributed by atoms with Gasteiger partial charge in [-0.2, -0.15) is 0 Å². The third-order valence-electron chi connectivity index (χ3n) is 2.73. The van der Waals surface area contributed by atoms with E-state index in [4.69, 9.17) is 11.6 Å². The number of halogens is 1. The number of benzene rings is 1. The zero-order valence-corrected chi connectivity index (χ0v) is 13.0. The second-order valence-electron chi connectivity index (χ2n) is 4.77. The van der Waals surface area contributed by atoms with Crippen molar-refractivity contribution in [3.05, 3.63) is 39.9 Å². The maximum atomic E-state index is 11.8. The fraction of sp³-hybridized carbons (Fsp3) is 0.357. The molecule has 0 atom stereocenters. The van der Waals surface area contributed by atoms with Gasteiger partial charge < -0.3 is 5.32 Å². The molecule has 106 valence electrons. The number of amides is 1. The van der Waals surface area contributed by atoms with Gasteiger partial charge in [-0.1, -0.05) is 48.9 Å². The quantitative estimate of drug-likeness (QED) is 0.911. The number of nitrogens with one attached hydrogen (secondary N) is 1. The normalized spacial score (nSPS) is 10.8. The Morgan fingerprint density at radius 1 is 1.30 bits per heavy atom. The largest absolute Gasteiger partial charge is 0.301 e. The second kappa shape index (κ2) is 6.81. The van der Waals surface area contributed by atoms with Crippen LogP contribution in [0.5, 0.6) is 0 Å². The first-order chi connectivity index (χ1) is 9.54. The Morgan fingerprint density at radius 2 is 2.00 bits per heavy atom. The van der Waals surface area contributed by atoms with E-state index in [1.807, 2.05) is 38.1 Å². The molecule has 4 nitrogen and oxygen atoms in total. The molecule has 0 spiro atoms. The van der Waals surface area contributed by atoms with Gasteiger partial charge in [0, 0.05) is 17.4 Å². The molecule has 1 amide bonds. The number of carbonyl (C=O) groups is 1. The molecular weight excluding hydrogens is 294 g/mol. The summed E-state index contributed by atoms with van der Waals surface area (Å²) in [6, 6.07) is 7.51. The Kier molecular flexibility index (Phi) is 5.09. The third kappa shape index (κ3) is 4.28. The van der Waals surface area contributed by atoms with Gasteiger partial charge in [-0.25, -0.2) is 0 Å². The zero-order valence-electron chi connectivity index (χ0n) is 11.4. The van der Waals surface area contributed by atoms with E-state index in [1.54, 1.807) is 0 Å². The van der Waals surface area contributed by atoms with Crippen LogP contribution in [-0.4, -0.2) is 16.1 Å². The number of rotatable bonds is 5. The number of aryl methyl sites for hydroxylation is 1. The first kappa shape index (κ1) is 14.9. The van der Waals surface area contributed by atoms with Crippen molar-refractivity contribution in [3.63, 3.8) is 0 Å². The smallest absolute Gasteiger partial charge is 0.226 e. The van der Waals surface area contributed by atoms with E-state index in [0.29, 0.717) is 28.9 Å². The van der Waals surface area contributed by atoms with Gasteiger partial charge in [0.1, 0.15) is 5.01 Å². The Labute approximate surface area is 127 Å². The molecule has 0 saturated heterocycles. The summed E-state index contributed by atoms with van der Waals surface area (Å²) in [5, 5.41) is 13.0. The minimum Gasteiger partial charge on any atom is -0.301 e. The molecule has 0 fully saturated rings. The molecule has 1 aromatic carbocycles. The minimum atomic E-state index is -0.0496. The van der Waals surface area contributed by atoms with Gasteiger partial charge >= 0.3 is 0 Å². The van der Waals surface area contributed by atoms with Crippen molar-refractivity contribution < 1.29 is 4.79 Å². The zero-order chi connectivity index (χ0) is 14.5. The van der Waals surface area contributed by atoms with Crippen LogP contribution in [0.25, 0.3) is 0 Å². The number of carbonyl (C=O) groups excluding carboxylic acids is 1. The molecule has 6 heteroatoms. The van der Waals surface area contributed by atoms with Crippen LogP contribution < -0.4 is 5.32 Å². The highest BCUT2D eigenvalue weighted by Crippen LogP contribution is 2.22. The fourth-order valence-electron chi connectivity index (χ4n) is 1.61. The number of hydrogen-bond donors (Lipinski definition) is 1. The van der Waals surface area contributed by atoms with Gasteiger partial charge in [0.25, 0.3) is 0 Å². The predicted octanol–water partition coefficient (Wildman–Crippen LogP) is 3.89. The second-order valence-corrected chi connectivity index (χ2v) is 6.22. The number of hydrogen-bond acceptors (Lipinski definition) is 4. The standard InChI is InChI=1S/C14H16ClN3OS/c1-9(2)13-17-18-14(20-13)16-12(19)8-5-10-3-6-11(15)7-4-10/h3-4,6-7,9H,5,8H2,1-2H3,(H,16,18,19). The van der Waals surface area contributed by atoms with Crippen molar-refractivity contribution in [2.45, 2.75) is 32.6 Å². The first-order valence-corrected chi connectivity index (χ1v) is 7.61. The van der Waals surface area contributed by atoms with Gasteiger partial charge in [0.15, 0.2) is 0 Å². The summed E-state index contributed by atoms with van der Waals surface area (Å²) in [5.74, 6) is 0.277. The van der Waals surface area contributed by atoms with Gasteiger partial charge in [0.2, 0.25) is 11.0 Å². The van der Waals surface area contributed by atoms with E-state index in [9.17, 15) is 4.79 Å². The van der Waals surface area contributed by atoms with E-state index in [-0.39, 0.29) is 5.91 Å². The topological polar surface area (TPSA) is 54.9 Å². The number of aromatic nitrogens is 2. The highest BCUT2D eigenvalue weighted by Gasteiger charge is 2.10. The van der Waals surface area contributed by atoms with Crippen LogP contribution in [0.2, 0.25) is 5.02 Å². The van der Waals surface area contributed by atoms with Crippen molar-refractivity contribution in [1.82, 2.24) is 10.2 Å². The lowest BCUT2D eigenvalue weighted by Crippen LogP contribution is -2.12. The van der Waals surface area contributed by atoms with E-state index < -0.39 is 0 Å². The van der Waals surface area contributed by atoms with Gasteiger partial charge in [-0.05, 0) is 24.1 Å². The van der Waals surface area contributed by atoms with E-state index >= 15 is 0 Å². The summed E-state index contributed by atoms with van der Waals surface area (Å²) in [5.41, 5.74) is 1.09. The van der Waals surface area contributed by atoms with Crippen LogP contribution >= 0.6 is 22.9 Å². The van der Waals surface area contributed by atoms with Crippen LogP contribution in [0.1, 0.15) is 36.8 Å². The summed E-state index contributed by atoms with van der Waals surface area (Å²) >= 11 is 7.24. The summed E-state index contributed by atoms with van der Waals surface area (Å²) in [4.78, 5) is 11.8. The van der Waals surface area contributed by atoms with Gasteiger partial charge in [0.05, 0.1) is 0 Å². The predicted molar refractivity (Wildman–Crippen MR) is 82.4 cm³/mol. The molecule has 1 aromatic heterocycles. The Balaban J connectivity index is 1.84. The molecule has 0 unspecified atom stereocenters. The van der Waals surface area contributed by atoms with Crippen molar-refractivity contribution in [2.24, 2.45) is 0 Å². The summed E-state index contributed by atoms with van der Waals surface area (Å²) < 4.78 is 0. The van der Waals surface area contributed by atoms with Crippen LogP contribution in [0, 0.1) is 0 Å². The number of anilines is 1. The maximum absolute atomic E-state index is 11.8. The molecule has 20 heavy (non-hydrogen) atoms. The Hall–Kier alpha value is -1.46. The monoisotopic (exact) mass is 309 g/mol. The molecule has 0 aliphatic carbocycles. The fourth-order valence-corrected chi connectivity index (χ4v) is 2.50.